The van der Waals surface area contributed by atoms with Gasteiger partial charge < -0.3 is 4.74 Å². The van der Waals surface area contributed by atoms with E-state index in [1.165, 1.54) is 6.54 Å². The molecule has 0 amide bonds. The molecule has 1 saturated heterocycles. The topological polar surface area (TPSA) is 12.5 Å². The van der Waals surface area contributed by atoms with Crippen LogP contribution in [0.4, 0.5) is 0 Å². The van der Waals surface area contributed by atoms with Crippen LogP contribution in [0.1, 0.15) is 20.8 Å². The number of hydrogen-bond donors (Lipinski definition) is 0. The molecule has 0 aromatic rings. The minimum atomic E-state index is 0.456. The van der Waals surface area contributed by atoms with Crippen molar-refractivity contribution in [2.24, 2.45) is 5.92 Å². The first kappa shape index (κ1) is 9.01. The summed E-state index contributed by atoms with van der Waals surface area (Å²) in [5, 5.41) is 0. The fraction of sp³-hybridized carbons (Fsp3) is 1.00. The predicted molar refractivity (Wildman–Crippen MR) is 46.7 cm³/mol. The van der Waals surface area contributed by atoms with E-state index in [1.807, 2.05) is 7.11 Å². The standard InChI is InChI=1S/C9H19NO/c1-7(2)10-5-8(3)9(6-10)11-4/h7-9H,5-6H2,1-4H3/t8-,9+/m1/s1. The van der Waals surface area contributed by atoms with Crippen molar-refractivity contribution in [2.75, 3.05) is 20.2 Å². The molecule has 66 valence electrons. The first-order valence-corrected chi connectivity index (χ1v) is 4.42. The monoisotopic (exact) mass is 157 g/mol. The van der Waals surface area contributed by atoms with Crippen molar-refractivity contribution in [3.63, 3.8) is 0 Å². The molecule has 0 radical (unpaired) electrons. The van der Waals surface area contributed by atoms with E-state index in [9.17, 15) is 0 Å². The van der Waals surface area contributed by atoms with Gasteiger partial charge in [0, 0.05) is 26.2 Å². The largest absolute Gasteiger partial charge is 0.380 e. The summed E-state index contributed by atoms with van der Waals surface area (Å²) in [7, 11) is 1.81. The van der Waals surface area contributed by atoms with Crippen LogP contribution in [0.5, 0.6) is 0 Å². The molecule has 1 aliphatic rings. The van der Waals surface area contributed by atoms with Gasteiger partial charge in [-0.25, -0.2) is 0 Å². The summed E-state index contributed by atoms with van der Waals surface area (Å²) in [4.78, 5) is 2.47. The number of hydrogen-bond acceptors (Lipinski definition) is 2. The van der Waals surface area contributed by atoms with E-state index >= 15 is 0 Å². The van der Waals surface area contributed by atoms with Gasteiger partial charge in [0.1, 0.15) is 0 Å². The zero-order chi connectivity index (χ0) is 8.43. The molecule has 0 aromatic heterocycles. The van der Waals surface area contributed by atoms with E-state index in [1.54, 1.807) is 0 Å². The Labute approximate surface area is 69.5 Å². The van der Waals surface area contributed by atoms with Gasteiger partial charge in [0.15, 0.2) is 0 Å². The molecule has 0 aliphatic carbocycles. The molecule has 1 rings (SSSR count). The first-order chi connectivity index (χ1) is 5.15. The lowest BCUT2D eigenvalue weighted by Crippen LogP contribution is -2.29. The second-order valence-electron chi connectivity index (χ2n) is 3.80. The third-order valence-corrected chi connectivity index (χ3v) is 2.60. The van der Waals surface area contributed by atoms with Crippen LogP contribution in [0.2, 0.25) is 0 Å². The highest BCUT2D eigenvalue weighted by Gasteiger charge is 2.30. The van der Waals surface area contributed by atoms with Crippen molar-refractivity contribution >= 4 is 0 Å². The van der Waals surface area contributed by atoms with Crippen LogP contribution in [-0.2, 0) is 4.74 Å². The van der Waals surface area contributed by atoms with Crippen molar-refractivity contribution in [2.45, 2.75) is 32.9 Å². The molecule has 0 N–H and O–H groups in total. The van der Waals surface area contributed by atoms with Crippen molar-refractivity contribution in [1.29, 1.82) is 0 Å². The van der Waals surface area contributed by atoms with Crippen molar-refractivity contribution in [3.05, 3.63) is 0 Å². The zero-order valence-electron chi connectivity index (χ0n) is 8.00. The van der Waals surface area contributed by atoms with E-state index in [-0.39, 0.29) is 0 Å². The fourth-order valence-corrected chi connectivity index (χ4v) is 1.70. The third-order valence-electron chi connectivity index (χ3n) is 2.60. The van der Waals surface area contributed by atoms with Gasteiger partial charge in [-0.05, 0) is 19.8 Å². The molecule has 0 unspecified atom stereocenters. The lowest BCUT2D eigenvalue weighted by molar-refractivity contribution is 0.0817. The summed E-state index contributed by atoms with van der Waals surface area (Å²) in [5.74, 6) is 0.697. The molecule has 1 heterocycles. The Hall–Kier alpha value is -0.0800. The van der Waals surface area contributed by atoms with Gasteiger partial charge >= 0.3 is 0 Å². The van der Waals surface area contributed by atoms with E-state index in [0.29, 0.717) is 18.1 Å². The molecule has 2 heteroatoms. The van der Waals surface area contributed by atoms with Gasteiger partial charge in [0.25, 0.3) is 0 Å². The van der Waals surface area contributed by atoms with E-state index in [0.717, 1.165) is 6.54 Å². The summed E-state index contributed by atoms with van der Waals surface area (Å²) in [5.41, 5.74) is 0. The van der Waals surface area contributed by atoms with E-state index in [4.69, 9.17) is 4.74 Å². The van der Waals surface area contributed by atoms with Gasteiger partial charge in [0.05, 0.1) is 6.10 Å². The number of methoxy groups -OCH3 is 1. The van der Waals surface area contributed by atoms with Crippen LogP contribution in [0.25, 0.3) is 0 Å². The van der Waals surface area contributed by atoms with Gasteiger partial charge in [-0.2, -0.15) is 0 Å². The summed E-state index contributed by atoms with van der Waals surface area (Å²) < 4.78 is 5.36. The second-order valence-corrected chi connectivity index (χ2v) is 3.80. The van der Waals surface area contributed by atoms with Crippen LogP contribution < -0.4 is 0 Å². The Kier molecular flexibility index (Phi) is 2.90. The molecule has 0 bridgehead atoms. The Morgan fingerprint density at radius 1 is 1.36 bits per heavy atom. The Bertz CT molecular complexity index is 125. The van der Waals surface area contributed by atoms with Gasteiger partial charge in [0.2, 0.25) is 0 Å². The number of rotatable bonds is 2. The van der Waals surface area contributed by atoms with E-state index < -0.39 is 0 Å². The maximum absolute atomic E-state index is 5.36. The highest BCUT2D eigenvalue weighted by atomic mass is 16.5. The quantitative estimate of drug-likeness (QED) is 0.600. The number of likely N-dealkylation sites (tertiary alicyclic amines) is 1. The minimum Gasteiger partial charge on any atom is -0.380 e. The lowest BCUT2D eigenvalue weighted by atomic mass is 10.1. The summed E-state index contributed by atoms with van der Waals surface area (Å²) in [6, 6.07) is 0.664. The Morgan fingerprint density at radius 3 is 2.27 bits per heavy atom. The molecule has 2 nitrogen and oxygen atoms in total. The van der Waals surface area contributed by atoms with Crippen LogP contribution >= 0.6 is 0 Å². The van der Waals surface area contributed by atoms with Crippen LogP contribution in [0, 0.1) is 5.92 Å². The van der Waals surface area contributed by atoms with Gasteiger partial charge in [-0.15, -0.1) is 0 Å². The molecular formula is C9H19NO. The summed E-state index contributed by atoms with van der Waals surface area (Å²) in [6.07, 6.45) is 0.456. The van der Waals surface area contributed by atoms with Crippen LogP contribution in [-0.4, -0.2) is 37.2 Å². The first-order valence-electron chi connectivity index (χ1n) is 4.42. The molecule has 0 aromatic carbocycles. The highest BCUT2D eigenvalue weighted by molar-refractivity contribution is 4.83. The van der Waals surface area contributed by atoms with Gasteiger partial charge in [-0.3, -0.25) is 4.90 Å². The van der Waals surface area contributed by atoms with E-state index in [2.05, 4.69) is 25.7 Å². The maximum atomic E-state index is 5.36. The molecule has 0 saturated carbocycles. The maximum Gasteiger partial charge on any atom is 0.0735 e. The second kappa shape index (κ2) is 3.55. The van der Waals surface area contributed by atoms with Crippen molar-refractivity contribution < 1.29 is 4.74 Å². The number of ether oxygens (including phenoxy) is 1. The summed E-state index contributed by atoms with van der Waals surface area (Å²) >= 11 is 0. The Balaban J connectivity index is 2.43. The van der Waals surface area contributed by atoms with Crippen molar-refractivity contribution in [1.82, 2.24) is 4.90 Å². The fourth-order valence-electron chi connectivity index (χ4n) is 1.70. The molecular weight excluding hydrogens is 138 g/mol. The molecule has 1 aliphatic heterocycles. The van der Waals surface area contributed by atoms with Crippen LogP contribution in [0.3, 0.4) is 0 Å². The van der Waals surface area contributed by atoms with Crippen molar-refractivity contribution in [3.8, 4) is 0 Å². The SMILES string of the molecule is CO[C@H]1CN(C(C)C)C[C@H]1C. The molecule has 1 fully saturated rings. The zero-order valence-corrected chi connectivity index (χ0v) is 8.00. The minimum absolute atomic E-state index is 0.456. The third kappa shape index (κ3) is 1.94. The normalized spacial score (nSPS) is 33.5. The Morgan fingerprint density at radius 2 is 2.00 bits per heavy atom. The van der Waals surface area contributed by atoms with Crippen LogP contribution in [0.15, 0.2) is 0 Å². The highest BCUT2D eigenvalue weighted by Crippen LogP contribution is 2.20. The lowest BCUT2D eigenvalue weighted by Gasteiger charge is -2.19. The van der Waals surface area contributed by atoms with Gasteiger partial charge in [-0.1, -0.05) is 6.92 Å². The summed E-state index contributed by atoms with van der Waals surface area (Å²) in [6.45, 7) is 9.04. The average Bonchev–Trinajstić information content (AvgIpc) is 2.31. The molecule has 0 spiro atoms. The predicted octanol–water partition coefficient (Wildman–Crippen LogP) is 1.36. The average molecular weight is 157 g/mol. The molecule has 2 atom stereocenters. The molecule has 11 heavy (non-hydrogen) atoms. The number of nitrogens with zero attached hydrogens (tertiary/aromatic N) is 1. The smallest absolute Gasteiger partial charge is 0.0735 e.